The molecule has 1 atom stereocenters. The van der Waals surface area contributed by atoms with Gasteiger partial charge in [0, 0.05) is 11.4 Å². The summed E-state index contributed by atoms with van der Waals surface area (Å²) < 4.78 is 7.77. The first-order valence-corrected chi connectivity index (χ1v) is 9.48. The van der Waals surface area contributed by atoms with Crippen LogP contribution in [0.1, 0.15) is 24.3 Å². The molecule has 29 heavy (non-hydrogen) atoms. The molecule has 6 nitrogen and oxygen atoms in total. The van der Waals surface area contributed by atoms with Crippen LogP contribution in [-0.2, 0) is 4.79 Å². The third kappa shape index (κ3) is 2.89. The number of furan rings is 1. The molecule has 2 N–H and O–H groups in total. The molecule has 1 aliphatic heterocycles. The highest BCUT2D eigenvalue weighted by Gasteiger charge is 2.35. The van der Waals surface area contributed by atoms with Crippen LogP contribution in [0.2, 0.25) is 0 Å². The Hall–Kier alpha value is -3.80. The van der Waals surface area contributed by atoms with Gasteiger partial charge < -0.3 is 15.1 Å². The Morgan fingerprint density at radius 1 is 1.07 bits per heavy atom. The Kier molecular flexibility index (Phi) is 3.98. The largest absolute Gasteiger partial charge is 0.467 e. The number of benzene rings is 2. The Morgan fingerprint density at radius 2 is 1.86 bits per heavy atom. The molecule has 6 heteroatoms. The zero-order valence-electron chi connectivity index (χ0n) is 16.1. The minimum absolute atomic E-state index is 0.177. The summed E-state index contributed by atoms with van der Waals surface area (Å²) in [6.07, 6.45) is 1.63. The molecule has 0 bridgehead atoms. The normalized spacial score (nSPS) is 15.9. The van der Waals surface area contributed by atoms with Crippen LogP contribution >= 0.6 is 0 Å². The summed E-state index contributed by atoms with van der Waals surface area (Å²) in [5, 5.41) is 6.32. The smallest absolute Gasteiger partial charge is 0.255 e. The van der Waals surface area contributed by atoms with Crippen LogP contribution in [0.3, 0.4) is 0 Å². The lowest BCUT2D eigenvalue weighted by molar-refractivity contribution is -0.113. The van der Waals surface area contributed by atoms with Crippen molar-refractivity contribution >= 4 is 28.6 Å². The van der Waals surface area contributed by atoms with E-state index in [0.29, 0.717) is 17.3 Å². The molecule has 144 valence electrons. The number of nitrogens with zero attached hydrogens (tertiary/aromatic N) is 2. The molecule has 1 unspecified atom stereocenters. The number of imidazole rings is 1. The maximum absolute atomic E-state index is 13.4. The Bertz CT molecular complexity index is 1230. The summed E-state index contributed by atoms with van der Waals surface area (Å²) in [6, 6.07) is 18.9. The number of anilines is 2. The number of rotatable bonds is 3. The summed E-state index contributed by atoms with van der Waals surface area (Å²) in [4.78, 5) is 18.0. The molecule has 0 saturated heterocycles. The fraction of sp³-hybridized carbons (Fsp3) is 0.130. The lowest BCUT2D eigenvalue weighted by Gasteiger charge is -2.29. The molecule has 0 aliphatic carbocycles. The minimum atomic E-state index is -0.418. The topological polar surface area (TPSA) is 72.1 Å². The van der Waals surface area contributed by atoms with Gasteiger partial charge in [-0.2, -0.15) is 0 Å². The maximum atomic E-state index is 13.4. The average molecular weight is 384 g/mol. The Morgan fingerprint density at radius 3 is 2.62 bits per heavy atom. The van der Waals surface area contributed by atoms with Crippen molar-refractivity contribution in [2.75, 3.05) is 10.6 Å². The number of aromatic nitrogens is 2. The number of carbonyl (C=O) groups excluding carboxylic acids is 1. The quantitative estimate of drug-likeness (QED) is 0.529. The highest BCUT2D eigenvalue weighted by atomic mass is 16.3. The number of amides is 1. The zero-order chi connectivity index (χ0) is 20.0. The first kappa shape index (κ1) is 17.3. The van der Waals surface area contributed by atoms with Crippen molar-refractivity contribution in [2.45, 2.75) is 19.9 Å². The number of fused-ring (bicyclic) bond motifs is 3. The number of nitrogens with one attached hydrogen (secondary N) is 2. The first-order valence-electron chi connectivity index (χ1n) is 9.48. The highest BCUT2D eigenvalue weighted by Crippen LogP contribution is 2.39. The van der Waals surface area contributed by atoms with Gasteiger partial charge in [0.05, 0.1) is 22.9 Å². The standard InChI is InChI=1S/C23H20N4O2/c1-14-9-11-16(12-10-14)25-22(28)20-15(2)24-23-26-17-6-3-4-7-18(17)27(23)21(20)19-8-5-13-29-19/h3-13,21H,1-2H3,(H,24,26)(H,25,28). The Labute approximate surface area is 167 Å². The van der Waals surface area contributed by atoms with Crippen LogP contribution in [0.5, 0.6) is 0 Å². The number of aryl methyl sites for hydroxylation is 1. The predicted molar refractivity (Wildman–Crippen MR) is 113 cm³/mol. The Balaban J connectivity index is 1.63. The molecule has 5 rings (SSSR count). The van der Waals surface area contributed by atoms with E-state index in [4.69, 9.17) is 9.40 Å². The van der Waals surface area contributed by atoms with Gasteiger partial charge in [-0.3, -0.25) is 9.36 Å². The number of allylic oxidation sites excluding steroid dienone is 1. The highest BCUT2D eigenvalue weighted by molar-refractivity contribution is 6.06. The van der Waals surface area contributed by atoms with Crippen molar-refractivity contribution in [1.29, 1.82) is 0 Å². The van der Waals surface area contributed by atoms with E-state index in [1.165, 1.54) is 0 Å². The third-order valence-corrected chi connectivity index (χ3v) is 5.20. The van der Waals surface area contributed by atoms with Gasteiger partial charge in [0.25, 0.3) is 5.91 Å². The summed E-state index contributed by atoms with van der Waals surface area (Å²) in [5.74, 6) is 1.20. The monoisotopic (exact) mass is 384 g/mol. The van der Waals surface area contributed by atoms with Crippen LogP contribution < -0.4 is 10.6 Å². The van der Waals surface area contributed by atoms with Crippen molar-refractivity contribution in [1.82, 2.24) is 9.55 Å². The van der Waals surface area contributed by atoms with E-state index in [1.54, 1.807) is 6.26 Å². The van der Waals surface area contributed by atoms with Gasteiger partial charge in [-0.25, -0.2) is 4.98 Å². The van der Waals surface area contributed by atoms with Gasteiger partial charge in [-0.1, -0.05) is 29.8 Å². The van der Waals surface area contributed by atoms with Crippen molar-refractivity contribution in [3.63, 3.8) is 0 Å². The lowest BCUT2D eigenvalue weighted by atomic mass is 9.99. The molecule has 2 aromatic heterocycles. The van der Waals surface area contributed by atoms with Crippen LogP contribution in [0, 0.1) is 6.92 Å². The molecule has 2 aromatic carbocycles. The molecule has 4 aromatic rings. The van der Waals surface area contributed by atoms with Crippen molar-refractivity contribution in [2.24, 2.45) is 0 Å². The zero-order valence-corrected chi connectivity index (χ0v) is 16.1. The van der Waals surface area contributed by atoms with E-state index in [-0.39, 0.29) is 5.91 Å². The number of para-hydroxylation sites is 2. The maximum Gasteiger partial charge on any atom is 0.255 e. The molecular formula is C23H20N4O2. The first-order chi connectivity index (χ1) is 14.1. The fourth-order valence-corrected chi connectivity index (χ4v) is 3.81. The van der Waals surface area contributed by atoms with Gasteiger partial charge in [-0.05, 0) is 50.2 Å². The van der Waals surface area contributed by atoms with Gasteiger partial charge in [0.2, 0.25) is 5.95 Å². The number of hydrogen-bond donors (Lipinski definition) is 2. The molecule has 0 saturated carbocycles. The summed E-state index contributed by atoms with van der Waals surface area (Å²) in [7, 11) is 0. The summed E-state index contributed by atoms with van der Waals surface area (Å²) in [5.41, 5.74) is 5.03. The number of carbonyl (C=O) groups is 1. The summed E-state index contributed by atoms with van der Waals surface area (Å²) >= 11 is 0. The van der Waals surface area contributed by atoms with Gasteiger partial charge in [0.15, 0.2) is 0 Å². The van der Waals surface area contributed by atoms with Crippen LogP contribution in [0.25, 0.3) is 11.0 Å². The van der Waals surface area contributed by atoms with Crippen molar-refractivity contribution in [3.8, 4) is 0 Å². The van der Waals surface area contributed by atoms with E-state index >= 15 is 0 Å². The second-order valence-electron chi connectivity index (χ2n) is 7.20. The molecule has 3 heterocycles. The van der Waals surface area contributed by atoms with Gasteiger partial charge in [-0.15, -0.1) is 0 Å². The van der Waals surface area contributed by atoms with Gasteiger partial charge >= 0.3 is 0 Å². The van der Waals surface area contributed by atoms with Crippen LogP contribution in [0.4, 0.5) is 11.6 Å². The molecular weight excluding hydrogens is 364 g/mol. The van der Waals surface area contributed by atoms with E-state index in [2.05, 4.69) is 10.6 Å². The molecule has 0 fully saturated rings. The van der Waals surface area contributed by atoms with E-state index < -0.39 is 6.04 Å². The number of hydrogen-bond acceptors (Lipinski definition) is 4. The van der Waals surface area contributed by atoms with Crippen molar-refractivity contribution < 1.29 is 9.21 Å². The van der Waals surface area contributed by atoms with E-state index in [1.807, 2.05) is 79.1 Å². The van der Waals surface area contributed by atoms with E-state index in [9.17, 15) is 4.79 Å². The second kappa shape index (κ2) is 6.67. The molecule has 1 aliphatic rings. The molecule has 0 radical (unpaired) electrons. The second-order valence-corrected chi connectivity index (χ2v) is 7.20. The average Bonchev–Trinajstić information content (AvgIpc) is 3.36. The lowest BCUT2D eigenvalue weighted by Crippen LogP contribution is -2.30. The van der Waals surface area contributed by atoms with Gasteiger partial charge in [0.1, 0.15) is 11.8 Å². The van der Waals surface area contributed by atoms with Crippen LogP contribution in [-0.4, -0.2) is 15.5 Å². The fourth-order valence-electron chi connectivity index (χ4n) is 3.81. The van der Waals surface area contributed by atoms with Crippen molar-refractivity contribution in [3.05, 3.63) is 89.5 Å². The SMILES string of the molecule is CC1=C(C(=O)Nc2ccc(C)cc2)C(c2ccco2)n2c(nc3ccccc32)N1. The minimum Gasteiger partial charge on any atom is -0.467 e. The van der Waals surface area contributed by atoms with Crippen LogP contribution in [0.15, 0.2) is 82.6 Å². The third-order valence-electron chi connectivity index (χ3n) is 5.20. The van der Waals surface area contributed by atoms with E-state index in [0.717, 1.165) is 28.0 Å². The predicted octanol–water partition coefficient (Wildman–Crippen LogP) is 4.87. The summed E-state index contributed by atoms with van der Waals surface area (Å²) in [6.45, 7) is 3.91. The molecule has 1 amide bonds. The molecule has 0 spiro atoms.